The van der Waals surface area contributed by atoms with Gasteiger partial charge in [-0.1, -0.05) is 38.5 Å². The summed E-state index contributed by atoms with van der Waals surface area (Å²) in [6, 6.07) is 4.18. The molecule has 1 aromatic rings. The average molecular weight is 278 g/mol. The minimum atomic E-state index is -9.93. The first kappa shape index (κ1) is 14.0. The molecule has 0 saturated carbocycles. The maximum absolute atomic E-state index is 12.0. The molecule has 1 aromatic carbocycles. The number of aliphatic hydroxyl groups excluding tert-OH is 1. The summed E-state index contributed by atoms with van der Waals surface area (Å²) >= 11 is 0. The molecule has 1 rings (SSSR count). The van der Waals surface area contributed by atoms with Crippen molar-refractivity contribution in [3.63, 3.8) is 0 Å². The maximum Gasteiger partial charge on any atom is 0.435 e. The van der Waals surface area contributed by atoms with Crippen molar-refractivity contribution in [2.45, 2.75) is 12.8 Å². The summed E-state index contributed by atoms with van der Waals surface area (Å²) in [6.45, 7) is 1.23. The molecule has 0 bridgehead atoms. The monoisotopic (exact) mass is 278 g/mol. The molecule has 0 fully saturated rings. The molecule has 0 aromatic heterocycles. The molecule has 0 aliphatic carbocycles. The number of rotatable bonds is 4. The lowest BCUT2D eigenvalue weighted by Crippen LogP contribution is -2.14. The summed E-state index contributed by atoms with van der Waals surface area (Å²) < 4.78 is 63.1. The Kier molecular flexibility index (Phi) is 2.88. The highest BCUT2D eigenvalue weighted by Gasteiger charge is 2.67. The Balaban J connectivity index is 3.03. The summed E-state index contributed by atoms with van der Waals surface area (Å²) in [4.78, 5) is 0. The molecular weight excluding hydrogens is 267 g/mol. The van der Waals surface area contributed by atoms with Crippen LogP contribution < -0.4 is 4.18 Å². The Morgan fingerprint density at radius 3 is 2.29 bits per heavy atom. The van der Waals surface area contributed by atoms with E-state index in [1.807, 2.05) is 0 Å². The molecule has 0 spiro atoms. The van der Waals surface area contributed by atoms with Crippen LogP contribution in [0.5, 0.6) is 5.75 Å². The fraction of sp³-hybridized carbons (Fsp3) is 0.333. The van der Waals surface area contributed by atoms with Gasteiger partial charge in [0.05, 0.1) is 0 Å². The Hall–Kier alpha value is -1.02. The highest BCUT2D eigenvalue weighted by Crippen LogP contribution is 2.97. The van der Waals surface area contributed by atoms with E-state index in [0.29, 0.717) is 0 Å². The smallest absolute Gasteiger partial charge is 0.396 e. The van der Waals surface area contributed by atoms with Crippen LogP contribution >= 0.6 is 10.5 Å². The first-order chi connectivity index (χ1) is 7.40. The molecule has 17 heavy (non-hydrogen) atoms. The van der Waals surface area contributed by atoms with E-state index in [1.54, 1.807) is 6.92 Å². The number of aliphatic hydroxyl groups is 1. The van der Waals surface area contributed by atoms with Crippen molar-refractivity contribution >= 4 is 10.5 Å². The van der Waals surface area contributed by atoms with Crippen LogP contribution in [0, 0.1) is 0 Å². The second-order valence-electron chi connectivity index (χ2n) is 3.64. The van der Waals surface area contributed by atoms with E-state index in [1.165, 1.54) is 6.07 Å². The maximum atomic E-state index is 12.0. The van der Waals surface area contributed by atoms with E-state index in [4.69, 9.17) is 5.11 Å². The zero-order valence-corrected chi connectivity index (χ0v) is 9.56. The number of hydrogen-bond acceptors (Lipinski definition) is 2. The van der Waals surface area contributed by atoms with Crippen molar-refractivity contribution in [2.24, 2.45) is 0 Å². The summed E-state index contributed by atoms with van der Waals surface area (Å²) in [6.07, 6.45) is 0. The van der Waals surface area contributed by atoms with Crippen molar-refractivity contribution < 1.29 is 28.7 Å². The van der Waals surface area contributed by atoms with Crippen molar-refractivity contribution in [1.29, 1.82) is 0 Å². The number of benzene rings is 1. The summed E-state index contributed by atoms with van der Waals surface area (Å²) in [7, 11) is -9.93. The quantitative estimate of drug-likeness (QED) is 0.828. The van der Waals surface area contributed by atoms with Gasteiger partial charge in [0.2, 0.25) is 0 Å². The molecule has 0 aliphatic heterocycles. The van der Waals surface area contributed by atoms with Crippen molar-refractivity contribution in [1.82, 2.24) is 0 Å². The first-order valence-corrected chi connectivity index (χ1v) is 6.43. The van der Waals surface area contributed by atoms with Crippen molar-refractivity contribution in [2.75, 3.05) is 6.61 Å². The second-order valence-corrected chi connectivity index (χ2v) is 5.60. The third-order valence-electron chi connectivity index (χ3n) is 1.95. The fourth-order valence-electron chi connectivity index (χ4n) is 1.16. The summed E-state index contributed by atoms with van der Waals surface area (Å²) in [5, 5.41) is 8.81. The van der Waals surface area contributed by atoms with Gasteiger partial charge in [0.15, 0.2) is 0 Å². The van der Waals surface area contributed by atoms with Crippen LogP contribution in [0.25, 0.3) is 0 Å². The predicted molar refractivity (Wildman–Crippen MR) is 55.7 cm³/mol. The molecule has 0 saturated heterocycles. The van der Waals surface area contributed by atoms with E-state index < -0.39 is 22.2 Å². The van der Waals surface area contributed by atoms with Gasteiger partial charge >= 0.3 is 10.5 Å². The molecule has 1 atom stereocenters. The van der Waals surface area contributed by atoms with Crippen LogP contribution in [0.2, 0.25) is 0 Å². The molecule has 1 N–H and O–H groups in total. The van der Waals surface area contributed by atoms with Crippen LogP contribution in [0.4, 0.5) is 19.4 Å². The molecule has 100 valence electrons. The van der Waals surface area contributed by atoms with Gasteiger partial charge < -0.3 is 9.29 Å². The average Bonchev–Trinajstić information content (AvgIpc) is 2.12. The van der Waals surface area contributed by atoms with E-state index in [9.17, 15) is 19.4 Å². The van der Waals surface area contributed by atoms with Gasteiger partial charge in [-0.2, -0.15) is 0 Å². The van der Waals surface area contributed by atoms with Crippen LogP contribution in [0.3, 0.4) is 0 Å². The fourth-order valence-corrected chi connectivity index (χ4v) is 1.63. The van der Waals surface area contributed by atoms with Crippen LogP contribution in [-0.4, -0.2) is 11.7 Å². The molecule has 2 nitrogen and oxygen atoms in total. The Labute approximate surface area is 94.9 Å². The first-order valence-electron chi connectivity index (χ1n) is 4.55. The normalized spacial score (nSPS) is 18.1. The minimum absolute atomic E-state index is 0.284. The Bertz CT molecular complexity index is 416. The second kappa shape index (κ2) is 3.49. The lowest BCUT2D eigenvalue weighted by atomic mass is 10.0. The molecule has 1 unspecified atom stereocenters. The predicted octanol–water partition coefficient (Wildman–Crippen LogP) is 4.37. The van der Waals surface area contributed by atoms with Gasteiger partial charge in [-0.05, 0) is 17.7 Å². The molecule has 0 amide bonds. The number of halogens is 5. The summed E-state index contributed by atoms with van der Waals surface area (Å²) in [5.41, 5.74) is 0.284. The third-order valence-corrected chi connectivity index (χ3v) is 2.46. The Morgan fingerprint density at radius 2 is 1.82 bits per heavy atom. The van der Waals surface area contributed by atoms with Gasteiger partial charge in [0, 0.05) is 12.5 Å². The third kappa shape index (κ3) is 5.22. The van der Waals surface area contributed by atoms with Crippen molar-refractivity contribution in [3.05, 3.63) is 29.8 Å². The van der Waals surface area contributed by atoms with Gasteiger partial charge in [0.1, 0.15) is 5.75 Å². The van der Waals surface area contributed by atoms with Gasteiger partial charge in [0.25, 0.3) is 0 Å². The van der Waals surface area contributed by atoms with Gasteiger partial charge in [-0.15, -0.1) is 0 Å². The lowest BCUT2D eigenvalue weighted by Gasteiger charge is -2.39. The van der Waals surface area contributed by atoms with Crippen LogP contribution in [-0.2, 0) is 0 Å². The van der Waals surface area contributed by atoms with E-state index in [-0.39, 0.29) is 12.2 Å². The van der Waals surface area contributed by atoms with Gasteiger partial charge in [-0.25, -0.2) is 0 Å². The molecule has 0 heterocycles. The Morgan fingerprint density at radius 1 is 1.24 bits per heavy atom. The zero-order valence-electron chi connectivity index (χ0n) is 8.75. The van der Waals surface area contributed by atoms with Crippen LogP contribution in [0.1, 0.15) is 18.4 Å². The highest BCUT2D eigenvalue weighted by atomic mass is 32.5. The zero-order chi connectivity index (χ0) is 13.4. The molecule has 0 radical (unpaired) electrons. The van der Waals surface area contributed by atoms with E-state index in [0.717, 1.165) is 18.2 Å². The molecule has 0 aliphatic rings. The highest BCUT2D eigenvalue weighted by molar-refractivity contribution is 8.42. The minimum Gasteiger partial charge on any atom is -0.396 e. The standard InChI is InChI=1S/C9H11F5O2S/c1-7(6-15)8-3-2-4-9(5-8)16-17(10,11,12,13)14/h2-5,7,15H,6H2,1H3. The summed E-state index contributed by atoms with van der Waals surface area (Å²) in [5.74, 6) is -1.45. The number of hydrogen-bond donors (Lipinski definition) is 1. The topological polar surface area (TPSA) is 29.5 Å². The van der Waals surface area contributed by atoms with Crippen molar-refractivity contribution in [3.8, 4) is 5.75 Å². The van der Waals surface area contributed by atoms with E-state index >= 15 is 0 Å². The lowest BCUT2D eigenvalue weighted by molar-refractivity contribution is 0.243. The molecule has 8 heteroatoms. The van der Waals surface area contributed by atoms with Crippen LogP contribution in [0.15, 0.2) is 24.3 Å². The van der Waals surface area contributed by atoms with Gasteiger partial charge in [-0.3, -0.25) is 0 Å². The molecular formula is C9H11F5O2S. The van der Waals surface area contributed by atoms with E-state index in [2.05, 4.69) is 4.18 Å². The SMILES string of the molecule is CC(CO)c1cccc(OS(F)(F)(F)(F)F)c1. The largest absolute Gasteiger partial charge is 0.435 e.